The Kier molecular flexibility index (Phi) is 11.4. The molecule has 1 unspecified atom stereocenters. The van der Waals surface area contributed by atoms with Crippen molar-refractivity contribution in [2.24, 2.45) is 5.92 Å². The molecule has 2 rings (SSSR count). The van der Waals surface area contributed by atoms with Crippen molar-refractivity contribution in [3.05, 3.63) is 69.7 Å². The number of hydroxylamine groups is 1. The van der Waals surface area contributed by atoms with E-state index in [2.05, 4.69) is 16.8 Å². The molecule has 2 aromatic rings. The molecule has 1 heterocycles. The van der Waals surface area contributed by atoms with Crippen LogP contribution in [0.2, 0.25) is 0 Å². The highest BCUT2D eigenvalue weighted by Crippen LogP contribution is 2.42. The third kappa shape index (κ3) is 12.3. The molecule has 0 spiro atoms. The molecular weight excluding hydrogens is 485 g/mol. The summed E-state index contributed by atoms with van der Waals surface area (Å²) in [6.07, 6.45) is 5.54. The predicted molar refractivity (Wildman–Crippen MR) is 140 cm³/mol. The molecule has 2 N–H and O–H groups in total. The molecule has 0 aliphatic carbocycles. The number of carbonyl (C=O) groups is 2. The number of aryl methyl sites for hydroxylation is 2. The summed E-state index contributed by atoms with van der Waals surface area (Å²) in [6, 6.07) is 14.1. The summed E-state index contributed by atoms with van der Waals surface area (Å²) >= 11 is 1.51. The van der Waals surface area contributed by atoms with E-state index in [4.69, 9.17) is 4.74 Å². The van der Waals surface area contributed by atoms with Crippen LogP contribution in [-0.4, -0.2) is 22.4 Å². The van der Waals surface area contributed by atoms with Crippen LogP contribution in [-0.2, 0) is 26.8 Å². The van der Waals surface area contributed by atoms with Crippen molar-refractivity contribution in [2.75, 3.05) is 0 Å². The van der Waals surface area contributed by atoms with Gasteiger partial charge in [0.2, 0.25) is 0 Å². The van der Waals surface area contributed by atoms with Gasteiger partial charge >= 0.3 is 13.7 Å². The minimum Gasteiger partial charge on any atom is -0.442 e. The molecule has 1 amide bonds. The SMILES string of the molecule is C[C@@H](C=CP(=O)(O)ONC(=O)OC(C)(C)C)CCc1ccc(C(=O)CCCCc2ccccc2)s1. The zero-order valence-electron chi connectivity index (χ0n) is 20.9. The highest BCUT2D eigenvalue weighted by atomic mass is 32.1. The Labute approximate surface area is 212 Å². The van der Waals surface area contributed by atoms with Gasteiger partial charge in [0.25, 0.3) is 0 Å². The first-order chi connectivity index (χ1) is 16.4. The maximum atomic E-state index is 12.5. The topological polar surface area (TPSA) is 102 Å². The van der Waals surface area contributed by atoms with Crippen molar-refractivity contribution in [3.8, 4) is 0 Å². The van der Waals surface area contributed by atoms with E-state index in [0.29, 0.717) is 6.42 Å². The normalized spacial score (nSPS) is 14.4. The lowest BCUT2D eigenvalue weighted by Crippen LogP contribution is -2.31. The molecular formula is C26H36NO6PS. The molecule has 2 atom stereocenters. The average Bonchev–Trinajstić information content (AvgIpc) is 3.27. The number of allylic oxidation sites excluding steroid dienone is 1. The van der Waals surface area contributed by atoms with Crippen molar-refractivity contribution < 1.29 is 28.4 Å². The van der Waals surface area contributed by atoms with Crippen LogP contribution in [0, 0.1) is 5.92 Å². The van der Waals surface area contributed by atoms with Gasteiger partial charge in [-0.2, -0.15) is 10.1 Å². The number of amides is 1. The Morgan fingerprint density at radius 1 is 1.11 bits per heavy atom. The van der Waals surface area contributed by atoms with Crippen molar-refractivity contribution in [1.82, 2.24) is 5.48 Å². The minimum atomic E-state index is -4.14. The molecule has 0 bridgehead atoms. The molecule has 0 radical (unpaired) electrons. The van der Waals surface area contributed by atoms with Crippen LogP contribution in [0.15, 0.2) is 54.4 Å². The van der Waals surface area contributed by atoms with Crippen LogP contribution >= 0.6 is 18.9 Å². The fraction of sp³-hybridized carbons (Fsp3) is 0.462. The van der Waals surface area contributed by atoms with Gasteiger partial charge in [0.15, 0.2) is 5.78 Å². The zero-order chi connectivity index (χ0) is 25.9. The number of hydrogen-bond acceptors (Lipinski definition) is 6. The van der Waals surface area contributed by atoms with Gasteiger partial charge in [0, 0.05) is 17.1 Å². The Morgan fingerprint density at radius 2 is 1.83 bits per heavy atom. The second-order valence-electron chi connectivity index (χ2n) is 9.50. The summed E-state index contributed by atoms with van der Waals surface area (Å²) in [5.41, 5.74) is 2.40. The Bertz CT molecular complexity index is 1030. The van der Waals surface area contributed by atoms with Crippen molar-refractivity contribution in [3.63, 3.8) is 0 Å². The van der Waals surface area contributed by atoms with E-state index in [1.807, 2.05) is 42.7 Å². The lowest BCUT2D eigenvalue weighted by atomic mass is 10.1. The van der Waals surface area contributed by atoms with Crippen LogP contribution < -0.4 is 5.48 Å². The van der Waals surface area contributed by atoms with Crippen molar-refractivity contribution >= 4 is 30.8 Å². The zero-order valence-corrected chi connectivity index (χ0v) is 22.6. The average molecular weight is 522 g/mol. The number of benzene rings is 1. The van der Waals surface area contributed by atoms with Crippen molar-refractivity contribution in [1.29, 1.82) is 0 Å². The van der Waals surface area contributed by atoms with Crippen LogP contribution in [0.25, 0.3) is 0 Å². The number of unbranched alkanes of at least 4 members (excludes halogenated alkanes) is 1. The number of ketones is 1. The Morgan fingerprint density at radius 3 is 2.51 bits per heavy atom. The number of ether oxygens (including phenoxy) is 1. The van der Waals surface area contributed by atoms with Gasteiger partial charge < -0.3 is 9.63 Å². The second kappa shape index (κ2) is 13.7. The van der Waals surface area contributed by atoms with Crippen LogP contribution in [0.5, 0.6) is 0 Å². The predicted octanol–water partition coefficient (Wildman–Crippen LogP) is 7.07. The summed E-state index contributed by atoms with van der Waals surface area (Å²) < 4.78 is 21.6. The molecule has 0 saturated carbocycles. The number of hydrogen-bond donors (Lipinski definition) is 2. The molecule has 192 valence electrons. The van der Waals surface area contributed by atoms with E-state index < -0.39 is 19.3 Å². The summed E-state index contributed by atoms with van der Waals surface area (Å²) in [4.78, 5) is 35.8. The lowest BCUT2D eigenvalue weighted by Gasteiger charge is -2.19. The van der Waals surface area contributed by atoms with Crippen LogP contribution in [0.4, 0.5) is 4.79 Å². The monoisotopic (exact) mass is 521 g/mol. The molecule has 1 aromatic carbocycles. The molecule has 35 heavy (non-hydrogen) atoms. The third-order valence-electron chi connectivity index (χ3n) is 5.01. The van der Waals surface area contributed by atoms with Crippen molar-refractivity contribution in [2.45, 2.75) is 71.8 Å². The van der Waals surface area contributed by atoms with Gasteiger partial charge in [0.05, 0.1) is 4.88 Å². The fourth-order valence-electron chi connectivity index (χ4n) is 3.20. The first-order valence-corrected chi connectivity index (χ1v) is 14.2. The maximum Gasteiger partial charge on any atom is 0.432 e. The van der Waals surface area contributed by atoms with Crippen LogP contribution in [0.1, 0.15) is 73.5 Å². The first-order valence-electron chi connectivity index (χ1n) is 11.8. The highest BCUT2D eigenvalue weighted by Gasteiger charge is 2.21. The number of nitrogens with one attached hydrogen (secondary N) is 1. The maximum absolute atomic E-state index is 12.5. The number of carbonyl (C=O) groups excluding carboxylic acids is 2. The Balaban J connectivity index is 1.70. The molecule has 9 heteroatoms. The van der Waals surface area contributed by atoms with E-state index in [1.165, 1.54) is 16.9 Å². The van der Waals surface area contributed by atoms with E-state index >= 15 is 0 Å². The first kappa shape index (κ1) is 29.0. The molecule has 1 aromatic heterocycles. The van der Waals surface area contributed by atoms with E-state index in [1.54, 1.807) is 26.8 Å². The second-order valence-corrected chi connectivity index (χ2v) is 12.3. The minimum absolute atomic E-state index is 0.000148. The van der Waals surface area contributed by atoms with E-state index in [-0.39, 0.29) is 11.7 Å². The number of rotatable bonds is 13. The van der Waals surface area contributed by atoms with E-state index in [0.717, 1.165) is 47.7 Å². The third-order valence-corrected chi connectivity index (χ3v) is 7.09. The highest BCUT2D eigenvalue weighted by molar-refractivity contribution is 7.56. The quantitative estimate of drug-likeness (QED) is 0.127. The molecule has 0 aliphatic rings. The smallest absolute Gasteiger partial charge is 0.432 e. The van der Waals surface area contributed by atoms with Gasteiger partial charge in [-0.05, 0) is 76.5 Å². The number of Topliss-reactive ketones (excluding diaryl/α,β-unsaturated/α-hetero) is 1. The standard InChI is InChI=1S/C26H36NO6PS/c1-20(18-19-34(30,31)33-27-25(29)32-26(2,3)4)14-15-22-16-17-24(35-22)23(28)13-9-8-12-21-10-6-5-7-11-21/h5-7,10-11,16-20H,8-9,12-15H2,1-4H3,(H,27,29)(H,30,31)/t20-/m1/s1. The molecule has 7 nitrogen and oxygen atoms in total. The Hall–Kier alpha value is -2.25. The summed E-state index contributed by atoms with van der Waals surface area (Å²) in [5.74, 6) is 1.24. The van der Waals surface area contributed by atoms with Gasteiger partial charge in [0.1, 0.15) is 5.60 Å². The van der Waals surface area contributed by atoms with Gasteiger partial charge in [-0.1, -0.05) is 43.3 Å². The summed E-state index contributed by atoms with van der Waals surface area (Å²) in [5, 5.41) is 0. The summed E-state index contributed by atoms with van der Waals surface area (Å²) in [6.45, 7) is 6.94. The largest absolute Gasteiger partial charge is 0.442 e. The number of thiophene rings is 1. The molecule has 0 saturated heterocycles. The molecule has 0 aliphatic heterocycles. The van der Waals surface area contributed by atoms with Gasteiger partial charge in [-0.25, -0.2) is 4.79 Å². The summed E-state index contributed by atoms with van der Waals surface area (Å²) in [7, 11) is -4.14. The fourth-order valence-corrected chi connectivity index (χ4v) is 4.97. The van der Waals surface area contributed by atoms with E-state index in [9.17, 15) is 19.0 Å². The van der Waals surface area contributed by atoms with Crippen LogP contribution in [0.3, 0.4) is 0 Å². The van der Waals surface area contributed by atoms with Gasteiger partial charge in [-0.3, -0.25) is 9.36 Å². The molecule has 0 fully saturated rings. The van der Waals surface area contributed by atoms with Gasteiger partial charge in [-0.15, -0.1) is 11.3 Å². The lowest BCUT2D eigenvalue weighted by molar-refractivity contribution is 0.0268.